The maximum Gasteiger partial charge on any atom is 0.254 e. The Morgan fingerprint density at radius 2 is 2.21 bits per heavy atom. The number of anilines is 1. The lowest BCUT2D eigenvalue weighted by molar-refractivity contribution is 0.484. The van der Waals surface area contributed by atoms with Gasteiger partial charge in [0.1, 0.15) is 12.1 Å². The Labute approximate surface area is 113 Å². The van der Waals surface area contributed by atoms with Crippen molar-refractivity contribution in [3.63, 3.8) is 0 Å². The molecule has 3 rings (SSSR count). The van der Waals surface area contributed by atoms with Gasteiger partial charge in [0.15, 0.2) is 0 Å². The average Bonchev–Trinajstić information content (AvgIpc) is 3.02. The normalized spacial score (nSPS) is 16.7. The van der Waals surface area contributed by atoms with Crippen LogP contribution in [0.2, 0.25) is 0 Å². The van der Waals surface area contributed by atoms with Gasteiger partial charge >= 0.3 is 0 Å². The number of nitrogens with zero attached hydrogens (tertiary/aromatic N) is 4. The van der Waals surface area contributed by atoms with Gasteiger partial charge in [0.2, 0.25) is 0 Å². The Morgan fingerprint density at radius 3 is 2.89 bits per heavy atom. The zero-order valence-electron chi connectivity index (χ0n) is 11.7. The molecule has 0 aromatic carbocycles. The molecular weight excluding hydrogens is 238 g/mol. The SMILES string of the molecule is CCCC1(CNc2cc(CC)nc3ncnn23)CC1. The minimum absolute atomic E-state index is 0.525. The minimum atomic E-state index is 0.525. The van der Waals surface area contributed by atoms with Crippen molar-refractivity contribution in [2.75, 3.05) is 11.9 Å². The predicted octanol–water partition coefficient (Wildman–Crippen LogP) is 2.68. The average molecular weight is 259 g/mol. The van der Waals surface area contributed by atoms with Crippen LogP contribution in [0, 0.1) is 5.41 Å². The van der Waals surface area contributed by atoms with Crippen LogP contribution in [0.5, 0.6) is 0 Å². The van der Waals surface area contributed by atoms with Gasteiger partial charge in [-0.3, -0.25) is 0 Å². The molecule has 0 aliphatic heterocycles. The van der Waals surface area contributed by atoms with Crippen LogP contribution in [0.1, 0.15) is 45.2 Å². The maximum absolute atomic E-state index is 4.46. The van der Waals surface area contributed by atoms with Crippen LogP contribution >= 0.6 is 0 Å². The van der Waals surface area contributed by atoms with E-state index in [0.717, 1.165) is 24.5 Å². The zero-order chi connectivity index (χ0) is 13.3. The van der Waals surface area contributed by atoms with Crippen molar-refractivity contribution in [3.05, 3.63) is 18.1 Å². The van der Waals surface area contributed by atoms with Gasteiger partial charge in [-0.25, -0.2) is 4.98 Å². The van der Waals surface area contributed by atoms with Crippen molar-refractivity contribution in [1.29, 1.82) is 0 Å². The summed E-state index contributed by atoms with van der Waals surface area (Å²) >= 11 is 0. The van der Waals surface area contributed by atoms with Gasteiger partial charge in [0.05, 0.1) is 0 Å². The molecule has 0 atom stereocenters. The number of nitrogens with one attached hydrogen (secondary N) is 1. The van der Waals surface area contributed by atoms with E-state index in [2.05, 4.69) is 40.3 Å². The van der Waals surface area contributed by atoms with E-state index in [-0.39, 0.29) is 0 Å². The van der Waals surface area contributed by atoms with Crippen LogP contribution in [0.25, 0.3) is 5.78 Å². The third-order valence-corrected chi connectivity index (χ3v) is 4.05. The number of aryl methyl sites for hydroxylation is 1. The van der Waals surface area contributed by atoms with E-state index in [1.54, 1.807) is 10.8 Å². The van der Waals surface area contributed by atoms with Crippen molar-refractivity contribution in [3.8, 4) is 0 Å². The summed E-state index contributed by atoms with van der Waals surface area (Å²) < 4.78 is 1.79. The smallest absolute Gasteiger partial charge is 0.254 e. The first-order chi connectivity index (χ1) is 9.26. The molecule has 0 radical (unpaired) electrons. The van der Waals surface area contributed by atoms with Crippen molar-refractivity contribution < 1.29 is 0 Å². The molecule has 0 unspecified atom stereocenters. The Morgan fingerprint density at radius 1 is 1.37 bits per heavy atom. The maximum atomic E-state index is 4.46. The molecule has 0 bridgehead atoms. The number of aromatic nitrogens is 4. The van der Waals surface area contributed by atoms with E-state index in [4.69, 9.17) is 0 Å². The second-order valence-electron chi connectivity index (χ2n) is 5.56. The molecule has 0 saturated heterocycles. The highest BCUT2D eigenvalue weighted by atomic mass is 15.4. The Kier molecular flexibility index (Phi) is 3.12. The molecule has 1 saturated carbocycles. The second-order valence-corrected chi connectivity index (χ2v) is 5.56. The summed E-state index contributed by atoms with van der Waals surface area (Å²) in [6.07, 6.45) is 7.74. The quantitative estimate of drug-likeness (QED) is 0.866. The number of hydrogen-bond acceptors (Lipinski definition) is 4. The second kappa shape index (κ2) is 4.79. The molecule has 5 nitrogen and oxygen atoms in total. The molecule has 1 aliphatic rings. The summed E-state index contributed by atoms with van der Waals surface area (Å²) in [5.41, 5.74) is 1.58. The highest BCUT2D eigenvalue weighted by Gasteiger charge is 2.41. The number of fused-ring (bicyclic) bond motifs is 1. The van der Waals surface area contributed by atoms with Gasteiger partial charge in [0, 0.05) is 18.3 Å². The Bertz CT molecular complexity index is 570. The van der Waals surface area contributed by atoms with E-state index in [9.17, 15) is 0 Å². The lowest BCUT2D eigenvalue weighted by Crippen LogP contribution is -2.17. The van der Waals surface area contributed by atoms with Crippen LogP contribution in [0.3, 0.4) is 0 Å². The first kappa shape index (κ1) is 12.4. The molecular formula is C14H21N5. The Hall–Kier alpha value is -1.65. The third kappa shape index (κ3) is 2.41. The highest BCUT2D eigenvalue weighted by Crippen LogP contribution is 2.49. The van der Waals surface area contributed by atoms with Gasteiger partial charge in [-0.1, -0.05) is 20.3 Å². The summed E-state index contributed by atoms with van der Waals surface area (Å²) in [6.45, 7) is 5.40. The fourth-order valence-electron chi connectivity index (χ4n) is 2.67. The van der Waals surface area contributed by atoms with Gasteiger partial charge in [0.25, 0.3) is 5.78 Å². The largest absolute Gasteiger partial charge is 0.369 e. The van der Waals surface area contributed by atoms with Gasteiger partial charge in [-0.2, -0.15) is 14.6 Å². The Balaban J connectivity index is 1.81. The summed E-state index contributed by atoms with van der Waals surface area (Å²) in [5, 5.41) is 7.80. The molecule has 2 aromatic rings. The molecule has 2 heterocycles. The van der Waals surface area contributed by atoms with Crippen molar-refractivity contribution in [1.82, 2.24) is 19.6 Å². The summed E-state index contributed by atoms with van der Waals surface area (Å²) in [4.78, 5) is 8.65. The number of rotatable bonds is 6. The standard InChI is InChI=1S/C14H21N5/c1-3-5-14(6-7-14)9-15-12-8-11(4-2)18-13-16-10-17-19(12)13/h8,10,15H,3-7,9H2,1-2H3. The summed E-state index contributed by atoms with van der Waals surface area (Å²) in [6, 6.07) is 2.09. The van der Waals surface area contributed by atoms with E-state index in [1.807, 2.05) is 0 Å². The van der Waals surface area contributed by atoms with Crippen LogP contribution in [0.4, 0.5) is 5.82 Å². The lowest BCUT2D eigenvalue weighted by Gasteiger charge is -2.16. The van der Waals surface area contributed by atoms with E-state index in [0.29, 0.717) is 11.2 Å². The molecule has 102 valence electrons. The first-order valence-corrected chi connectivity index (χ1v) is 7.20. The van der Waals surface area contributed by atoms with Crippen LogP contribution < -0.4 is 5.32 Å². The van der Waals surface area contributed by atoms with E-state index < -0.39 is 0 Å². The molecule has 2 aromatic heterocycles. The predicted molar refractivity (Wildman–Crippen MR) is 75.2 cm³/mol. The van der Waals surface area contributed by atoms with Crippen molar-refractivity contribution in [2.24, 2.45) is 5.41 Å². The number of hydrogen-bond donors (Lipinski definition) is 1. The molecule has 0 spiro atoms. The van der Waals surface area contributed by atoms with Crippen molar-refractivity contribution >= 4 is 11.6 Å². The molecule has 1 fully saturated rings. The molecule has 5 heteroatoms. The minimum Gasteiger partial charge on any atom is -0.369 e. The van der Waals surface area contributed by atoms with Crippen molar-refractivity contribution in [2.45, 2.75) is 46.0 Å². The fourth-order valence-corrected chi connectivity index (χ4v) is 2.67. The first-order valence-electron chi connectivity index (χ1n) is 7.20. The van der Waals surface area contributed by atoms with E-state index in [1.165, 1.54) is 25.7 Å². The summed E-state index contributed by atoms with van der Waals surface area (Å²) in [5.74, 6) is 1.70. The molecule has 19 heavy (non-hydrogen) atoms. The lowest BCUT2D eigenvalue weighted by atomic mass is 10.0. The monoisotopic (exact) mass is 259 g/mol. The fraction of sp³-hybridized carbons (Fsp3) is 0.643. The molecule has 1 aliphatic carbocycles. The van der Waals surface area contributed by atoms with Gasteiger partial charge in [-0.05, 0) is 31.1 Å². The van der Waals surface area contributed by atoms with E-state index >= 15 is 0 Å². The molecule has 1 N–H and O–H groups in total. The zero-order valence-corrected chi connectivity index (χ0v) is 11.7. The third-order valence-electron chi connectivity index (χ3n) is 4.05. The topological polar surface area (TPSA) is 55.1 Å². The van der Waals surface area contributed by atoms with Gasteiger partial charge in [-0.15, -0.1) is 0 Å². The summed E-state index contributed by atoms with van der Waals surface area (Å²) in [7, 11) is 0. The van der Waals surface area contributed by atoms with Crippen LogP contribution in [0.15, 0.2) is 12.4 Å². The van der Waals surface area contributed by atoms with Gasteiger partial charge < -0.3 is 5.32 Å². The van der Waals surface area contributed by atoms with Crippen LogP contribution in [-0.4, -0.2) is 26.1 Å². The molecule has 0 amide bonds. The van der Waals surface area contributed by atoms with Crippen LogP contribution in [-0.2, 0) is 6.42 Å². The highest BCUT2D eigenvalue weighted by molar-refractivity contribution is 5.45.